The average Bonchev–Trinajstić information content (AvgIpc) is 2.14. The predicted octanol–water partition coefficient (Wildman–Crippen LogP) is 0.232. The third-order valence-electron chi connectivity index (χ3n) is 2.50. The van der Waals surface area contributed by atoms with Crippen molar-refractivity contribution in [3.63, 3.8) is 0 Å². The molecular weight excluding hydrogens is 180 g/mol. The summed E-state index contributed by atoms with van der Waals surface area (Å²) in [5.74, 6) is 0.118. The lowest BCUT2D eigenvalue weighted by Crippen LogP contribution is -2.53. The summed E-state index contributed by atoms with van der Waals surface area (Å²) in [6.45, 7) is 5.94. The van der Waals surface area contributed by atoms with E-state index < -0.39 is 0 Å². The van der Waals surface area contributed by atoms with Gasteiger partial charge in [-0.1, -0.05) is 0 Å². The first kappa shape index (κ1) is 11.5. The second kappa shape index (κ2) is 5.32. The maximum Gasteiger partial charge on any atom is 0.249 e. The zero-order valence-corrected chi connectivity index (χ0v) is 9.25. The summed E-state index contributed by atoms with van der Waals surface area (Å²) in [6.07, 6.45) is 0.959. The van der Waals surface area contributed by atoms with Crippen LogP contribution in [0.15, 0.2) is 0 Å². The Hall–Kier alpha value is -0.610. The number of hydrogen-bond acceptors (Lipinski definition) is 3. The number of amides is 1. The molecule has 1 rings (SSSR count). The van der Waals surface area contributed by atoms with Gasteiger partial charge in [-0.15, -0.1) is 0 Å². The van der Waals surface area contributed by atoms with Crippen LogP contribution in [0.2, 0.25) is 0 Å². The molecule has 0 spiro atoms. The quantitative estimate of drug-likeness (QED) is 0.706. The molecule has 1 aliphatic rings. The van der Waals surface area contributed by atoms with E-state index in [0.717, 1.165) is 13.0 Å². The summed E-state index contributed by atoms with van der Waals surface area (Å²) >= 11 is 0. The lowest BCUT2D eigenvalue weighted by molar-refractivity contribution is -0.151. The first-order valence-electron chi connectivity index (χ1n) is 5.20. The fraction of sp³-hybridized carbons (Fsp3) is 0.900. The van der Waals surface area contributed by atoms with E-state index in [1.54, 1.807) is 0 Å². The normalized spacial score (nSPS) is 23.3. The molecule has 4 nitrogen and oxygen atoms in total. The van der Waals surface area contributed by atoms with E-state index in [-0.39, 0.29) is 24.6 Å². The van der Waals surface area contributed by atoms with Crippen molar-refractivity contribution in [2.75, 3.05) is 26.8 Å². The first-order chi connectivity index (χ1) is 6.66. The molecule has 0 aromatic rings. The number of hydrogen-bond donors (Lipinski definition) is 1. The third-order valence-corrected chi connectivity index (χ3v) is 2.50. The van der Waals surface area contributed by atoms with Gasteiger partial charge in [0, 0.05) is 6.04 Å². The van der Waals surface area contributed by atoms with Crippen molar-refractivity contribution >= 4 is 5.91 Å². The number of rotatable bonds is 4. The summed E-state index contributed by atoms with van der Waals surface area (Å²) in [6, 6.07) is 0.511. The van der Waals surface area contributed by atoms with Crippen molar-refractivity contribution in [1.29, 1.82) is 0 Å². The van der Waals surface area contributed by atoms with Crippen molar-refractivity contribution < 1.29 is 9.53 Å². The Balaban J connectivity index is 2.55. The molecule has 1 amide bonds. The second-order valence-corrected chi connectivity index (χ2v) is 3.96. The van der Waals surface area contributed by atoms with Crippen LogP contribution in [0.25, 0.3) is 0 Å². The van der Waals surface area contributed by atoms with Crippen LogP contribution in [0, 0.1) is 0 Å². The number of morpholine rings is 1. The molecule has 1 heterocycles. The van der Waals surface area contributed by atoms with E-state index in [4.69, 9.17) is 4.74 Å². The number of nitrogens with one attached hydrogen (secondary N) is 1. The summed E-state index contributed by atoms with van der Waals surface area (Å²) in [5.41, 5.74) is 0. The molecule has 4 heteroatoms. The molecule has 0 radical (unpaired) electrons. The molecule has 82 valence electrons. The standard InChI is InChI=1S/C10H20N2O2/c1-8(2)12-9(4-5-11-3)6-14-7-10(12)13/h8-9,11H,4-7H2,1-3H3. The van der Waals surface area contributed by atoms with Gasteiger partial charge in [0.1, 0.15) is 6.61 Å². The van der Waals surface area contributed by atoms with E-state index in [9.17, 15) is 4.79 Å². The molecule has 1 N–H and O–H groups in total. The molecule has 1 fully saturated rings. The lowest BCUT2D eigenvalue weighted by Gasteiger charge is -2.38. The monoisotopic (exact) mass is 200 g/mol. The Kier molecular flexibility index (Phi) is 4.35. The zero-order chi connectivity index (χ0) is 10.6. The zero-order valence-electron chi connectivity index (χ0n) is 9.25. The Morgan fingerprint density at radius 3 is 2.93 bits per heavy atom. The highest BCUT2D eigenvalue weighted by Gasteiger charge is 2.29. The van der Waals surface area contributed by atoms with Gasteiger partial charge in [0.2, 0.25) is 5.91 Å². The lowest BCUT2D eigenvalue weighted by atomic mass is 10.1. The van der Waals surface area contributed by atoms with Crippen molar-refractivity contribution in [2.45, 2.75) is 32.4 Å². The highest BCUT2D eigenvalue weighted by Crippen LogP contribution is 2.14. The van der Waals surface area contributed by atoms with Gasteiger partial charge in [-0.3, -0.25) is 4.79 Å². The van der Waals surface area contributed by atoms with Gasteiger partial charge in [0.25, 0.3) is 0 Å². The minimum atomic E-state index is 0.118. The molecule has 0 aliphatic carbocycles. The number of ether oxygens (including phenoxy) is 1. The molecule has 1 atom stereocenters. The van der Waals surface area contributed by atoms with Crippen LogP contribution in [0.1, 0.15) is 20.3 Å². The van der Waals surface area contributed by atoms with E-state index in [2.05, 4.69) is 19.2 Å². The fourth-order valence-electron chi connectivity index (χ4n) is 1.88. The molecule has 0 aromatic heterocycles. The van der Waals surface area contributed by atoms with E-state index in [1.165, 1.54) is 0 Å². The van der Waals surface area contributed by atoms with Gasteiger partial charge in [0.15, 0.2) is 0 Å². The first-order valence-corrected chi connectivity index (χ1v) is 5.20. The minimum Gasteiger partial charge on any atom is -0.369 e. The summed E-state index contributed by atoms with van der Waals surface area (Å²) in [4.78, 5) is 13.5. The molecule has 1 unspecified atom stereocenters. The molecule has 1 aliphatic heterocycles. The highest BCUT2D eigenvalue weighted by atomic mass is 16.5. The molecule has 0 aromatic carbocycles. The second-order valence-electron chi connectivity index (χ2n) is 3.96. The molecule has 1 saturated heterocycles. The van der Waals surface area contributed by atoms with Crippen molar-refractivity contribution in [1.82, 2.24) is 10.2 Å². The number of carbonyl (C=O) groups is 1. The van der Waals surface area contributed by atoms with E-state index >= 15 is 0 Å². The summed E-state index contributed by atoms with van der Waals surface area (Å²) in [5, 5.41) is 3.10. The smallest absolute Gasteiger partial charge is 0.249 e. The van der Waals surface area contributed by atoms with Crippen LogP contribution in [-0.4, -0.2) is 49.7 Å². The number of carbonyl (C=O) groups excluding carboxylic acids is 1. The van der Waals surface area contributed by atoms with Gasteiger partial charge in [-0.25, -0.2) is 0 Å². The molecule has 0 bridgehead atoms. The third kappa shape index (κ3) is 2.69. The van der Waals surface area contributed by atoms with Crippen LogP contribution in [-0.2, 0) is 9.53 Å². The Bertz CT molecular complexity index is 195. The van der Waals surface area contributed by atoms with E-state index in [0.29, 0.717) is 6.61 Å². The molecule has 0 saturated carbocycles. The van der Waals surface area contributed by atoms with Crippen LogP contribution in [0.4, 0.5) is 0 Å². The molecule has 14 heavy (non-hydrogen) atoms. The van der Waals surface area contributed by atoms with Crippen molar-refractivity contribution in [2.24, 2.45) is 0 Å². The van der Waals surface area contributed by atoms with Crippen LogP contribution < -0.4 is 5.32 Å². The molecular formula is C10H20N2O2. The largest absolute Gasteiger partial charge is 0.369 e. The maximum atomic E-state index is 11.6. The number of nitrogens with zero attached hydrogens (tertiary/aromatic N) is 1. The topological polar surface area (TPSA) is 41.6 Å². The van der Waals surface area contributed by atoms with Gasteiger partial charge < -0.3 is 15.0 Å². The van der Waals surface area contributed by atoms with Gasteiger partial charge in [0.05, 0.1) is 12.6 Å². The minimum absolute atomic E-state index is 0.118. The summed E-state index contributed by atoms with van der Waals surface area (Å²) in [7, 11) is 1.92. The van der Waals surface area contributed by atoms with Crippen LogP contribution in [0.3, 0.4) is 0 Å². The fourth-order valence-corrected chi connectivity index (χ4v) is 1.88. The van der Waals surface area contributed by atoms with Crippen molar-refractivity contribution in [3.05, 3.63) is 0 Å². The Labute approximate surface area is 85.6 Å². The SMILES string of the molecule is CNCCC1COCC(=O)N1C(C)C. The highest BCUT2D eigenvalue weighted by molar-refractivity contribution is 5.78. The Morgan fingerprint density at radius 1 is 1.64 bits per heavy atom. The van der Waals surface area contributed by atoms with Crippen molar-refractivity contribution in [3.8, 4) is 0 Å². The Morgan fingerprint density at radius 2 is 2.36 bits per heavy atom. The van der Waals surface area contributed by atoms with Crippen LogP contribution >= 0.6 is 0 Å². The maximum absolute atomic E-state index is 11.6. The van der Waals surface area contributed by atoms with Gasteiger partial charge >= 0.3 is 0 Å². The van der Waals surface area contributed by atoms with Gasteiger partial charge in [-0.05, 0) is 33.9 Å². The predicted molar refractivity (Wildman–Crippen MR) is 55.1 cm³/mol. The van der Waals surface area contributed by atoms with Crippen LogP contribution in [0.5, 0.6) is 0 Å². The van der Waals surface area contributed by atoms with E-state index in [1.807, 2.05) is 11.9 Å². The van der Waals surface area contributed by atoms with Gasteiger partial charge in [-0.2, -0.15) is 0 Å². The average molecular weight is 200 g/mol. The summed E-state index contributed by atoms with van der Waals surface area (Å²) < 4.78 is 5.25.